The number of nitrogen functional groups attached to an aromatic ring is 1. The maximum absolute atomic E-state index is 12.1. The van der Waals surface area contributed by atoms with Crippen LogP contribution in [0.2, 0.25) is 0 Å². The van der Waals surface area contributed by atoms with Crippen molar-refractivity contribution >= 4 is 51.2 Å². The summed E-state index contributed by atoms with van der Waals surface area (Å²) in [4.78, 5) is 8.19. The van der Waals surface area contributed by atoms with Crippen LogP contribution in [0.3, 0.4) is 0 Å². The molecule has 2 aromatic rings. The number of nitrogens with two attached hydrogens (primary N) is 1. The van der Waals surface area contributed by atoms with Gasteiger partial charge in [0.1, 0.15) is 0 Å². The summed E-state index contributed by atoms with van der Waals surface area (Å²) in [6.45, 7) is 3.55. The van der Waals surface area contributed by atoms with E-state index in [0.717, 1.165) is 0 Å². The summed E-state index contributed by atoms with van der Waals surface area (Å²) in [5, 5.41) is 0. The number of anilines is 2. The van der Waals surface area contributed by atoms with Crippen LogP contribution in [0, 0.1) is 13.8 Å². The van der Waals surface area contributed by atoms with E-state index in [9.17, 15) is 8.42 Å². The van der Waals surface area contributed by atoms with Crippen LogP contribution in [0.5, 0.6) is 0 Å². The molecule has 0 atom stereocenters. The first kappa shape index (κ1) is 16.9. The molecule has 0 amide bonds. The van der Waals surface area contributed by atoms with Crippen molar-refractivity contribution in [1.82, 2.24) is 9.97 Å². The van der Waals surface area contributed by atoms with Crippen molar-refractivity contribution in [2.24, 2.45) is 0 Å². The second-order valence-electron chi connectivity index (χ2n) is 4.15. The van der Waals surface area contributed by atoms with E-state index in [2.05, 4.69) is 14.7 Å². The topological polar surface area (TPSA) is 98.0 Å². The summed E-state index contributed by atoms with van der Waals surface area (Å²) >= 11 is 0. The van der Waals surface area contributed by atoms with Crippen molar-refractivity contribution in [1.29, 1.82) is 0 Å². The Bertz CT molecular complexity index is 682. The zero-order valence-corrected chi connectivity index (χ0v) is 11.4. The monoisotopic (exact) mass is 302 g/mol. The van der Waals surface area contributed by atoms with Gasteiger partial charge in [-0.15, -0.1) is 0 Å². The molecule has 0 aliphatic rings. The van der Waals surface area contributed by atoms with Gasteiger partial charge in [0.15, 0.2) is 0 Å². The van der Waals surface area contributed by atoms with Gasteiger partial charge in [-0.3, -0.25) is 0 Å². The molecular formula is C12H15N4NaO2S. The number of benzene rings is 1. The van der Waals surface area contributed by atoms with Gasteiger partial charge in [0, 0.05) is 17.1 Å². The van der Waals surface area contributed by atoms with Crippen molar-refractivity contribution in [2.75, 3.05) is 10.5 Å². The number of aromatic nitrogens is 2. The minimum atomic E-state index is -3.69. The van der Waals surface area contributed by atoms with Gasteiger partial charge in [-0.2, -0.15) is 0 Å². The molecule has 0 saturated carbocycles. The van der Waals surface area contributed by atoms with Crippen molar-refractivity contribution in [2.45, 2.75) is 18.7 Å². The molecule has 102 valence electrons. The van der Waals surface area contributed by atoms with Gasteiger partial charge in [-0.25, -0.2) is 23.1 Å². The summed E-state index contributed by atoms with van der Waals surface area (Å²) in [5.74, 6) is 0.0642. The summed E-state index contributed by atoms with van der Waals surface area (Å²) in [5.41, 5.74) is 7.42. The van der Waals surface area contributed by atoms with Crippen LogP contribution in [0.1, 0.15) is 11.4 Å². The Morgan fingerprint density at radius 2 is 1.55 bits per heavy atom. The second kappa shape index (κ2) is 6.53. The number of nitrogens with one attached hydrogen (secondary N) is 1. The Kier molecular flexibility index (Phi) is 5.52. The van der Waals surface area contributed by atoms with Gasteiger partial charge in [0.2, 0.25) is 5.95 Å². The number of nitrogens with zero attached hydrogens (tertiary/aromatic N) is 2. The first-order valence-electron chi connectivity index (χ1n) is 5.57. The zero-order chi connectivity index (χ0) is 14.0. The SMILES string of the molecule is Cc1cc(C)nc(NS(=O)(=O)c2ccc(N)cc2)n1.[NaH]. The van der Waals surface area contributed by atoms with Crippen molar-refractivity contribution in [3.63, 3.8) is 0 Å². The van der Waals surface area contributed by atoms with Crippen LogP contribution in [0.15, 0.2) is 35.2 Å². The van der Waals surface area contributed by atoms with Crippen LogP contribution in [0.4, 0.5) is 11.6 Å². The molecule has 0 spiro atoms. The number of rotatable bonds is 3. The van der Waals surface area contributed by atoms with Crippen molar-refractivity contribution in [3.8, 4) is 0 Å². The molecule has 3 N–H and O–H groups in total. The summed E-state index contributed by atoms with van der Waals surface area (Å²) < 4.78 is 26.6. The van der Waals surface area contributed by atoms with Crippen LogP contribution < -0.4 is 10.5 Å². The van der Waals surface area contributed by atoms with Gasteiger partial charge in [0.05, 0.1) is 4.90 Å². The Balaban J connectivity index is 0.00000200. The maximum atomic E-state index is 12.1. The molecule has 0 unspecified atom stereocenters. The average Bonchev–Trinajstić information content (AvgIpc) is 2.27. The fourth-order valence-electron chi connectivity index (χ4n) is 1.60. The molecule has 8 heteroatoms. The first-order valence-corrected chi connectivity index (χ1v) is 7.06. The number of sulfonamides is 1. The van der Waals surface area contributed by atoms with Crippen LogP contribution in [0.25, 0.3) is 0 Å². The van der Waals surface area contributed by atoms with E-state index in [1.165, 1.54) is 24.3 Å². The Morgan fingerprint density at radius 1 is 1.05 bits per heavy atom. The van der Waals surface area contributed by atoms with E-state index >= 15 is 0 Å². The van der Waals surface area contributed by atoms with E-state index in [-0.39, 0.29) is 40.4 Å². The zero-order valence-electron chi connectivity index (χ0n) is 10.6. The van der Waals surface area contributed by atoms with Gasteiger partial charge < -0.3 is 5.73 Å². The fourth-order valence-corrected chi connectivity index (χ4v) is 2.54. The third kappa shape index (κ3) is 4.17. The second-order valence-corrected chi connectivity index (χ2v) is 5.83. The van der Waals surface area contributed by atoms with Crippen molar-refractivity contribution < 1.29 is 8.42 Å². The number of hydrogen-bond acceptors (Lipinski definition) is 5. The molecule has 0 aliphatic carbocycles. The van der Waals surface area contributed by atoms with Crippen LogP contribution >= 0.6 is 0 Å². The summed E-state index contributed by atoms with van der Waals surface area (Å²) in [6, 6.07) is 7.68. The van der Waals surface area contributed by atoms with Crippen LogP contribution in [-0.4, -0.2) is 47.9 Å². The predicted octanol–water partition coefficient (Wildman–Crippen LogP) is 0.828. The first-order chi connectivity index (χ1) is 8.87. The van der Waals surface area contributed by atoms with E-state index in [1.807, 2.05) is 0 Å². The summed E-state index contributed by atoms with van der Waals surface area (Å²) in [6.07, 6.45) is 0. The Hall–Kier alpha value is -1.15. The molecule has 0 bridgehead atoms. The van der Waals surface area contributed by atoms with E-state index in [1.54, 1.807) is 19.9 Å². The Morgan fingerprint density at radius 3 is 2.05 bits per heavy atom. The van der Waals surface area contributed by atoms with E-state index in [0.29, 0.717) is 17.1 Å². The third-order valence-corrected chi connectivity index (χ3v) is 3.74. The van der Waals surface area contributed by atoms with Crippen LogP contribution in [-0.2, 0) is 10.0 Å². The third-order valence-electron chi connectivity index (χ3n) is 2.40. The predicted molar refractivity (Wildman–Crippen MR) is 80.3 cm³/mol. The molecule has 0 radical (unpaired) electrons. The molecule has 1 heterocycles. The molecule has 20 heavy (non-hydrogen) atoms. The van der Waals surface area contributed by atoms with Gasteiger partial charge in [-0.1, -0.05) is 0 Å². The minimum absolute atomic E-state index is 0. The molecule has 0 aliphatic heterocycles. The molecule has 1 aromatic heterocycles. The average molecular weight is 302 g/mol. The normalized spacial score (nSPS) is 10.7. The molecular weight excluding hydrogens is 287 g/mol. The Labute approximate surface area is 140 Å². The molecule has 0 fully saturated rings. The number of aryl methyl sites for hydroxylation is 2. The quantitative estimate of drug-likeness (QED) is 0.646. The standard InChI is InChI=1S/C12H14N4O2S.Na.H/c1-8-7-9(2)15-12(14-8)16-19(17,18)11-5-3-10(13)4-6-11;;/h3-7H,13H2,1-2H3,(H,14,15,16);;. The van der Waals surface area contributed by atoms with Crippen molar-refractivity contribution in [3.05, 3.63) is 41.7 Å². The van der Waals surface area contributed by atoms with Gasteiger partial charge in [-0.05, 0) is 44.2 Å². The van der Waals surface area contributed by atoms with Gasteiger partial charge >= 0.3 is 29.6 Å². The van der Waals surface area contributed by atoms with Gasteiger partial charge in [0.25, 0.3) is 10.0 Å². The molecule has 0 saturated heterocycles. The van der Waals surface area contributed by atoms with E-state index < -0.39 is 10.0 Å². The summed E-state index contributed by atoms with van der Waals surface area (Å²) in [7, 11) is -3.69. The number of hydrogen-bond donors (Lipinski definition) is 2. The fraction of sp³-hybridized carbons (Fsp3) is 0.167. The molecule has 1 aromatic carbocycles. The molecule has 2 rings (SSSR count). The van der Waals surface area contributed by atoms with E-state index in [4.69, 9.17) is 5.73 Å². The molecule has 6 nitrogen and oxygen atoms in total.